The number of morpholine rings is 1. The zero-order valence-electron chi connectivity index (χ0n) is 13.4. The highest BCUT2D eigenvalue weighted by molar-refractivity contribution is 5.68. The second kappa shape index (κ2) is 12.0. The van der Waals surface area contributed by atoms with E-state index in [1.807, 2.05) is 0 Å². The van der Waals surface area contributed by atoms with E-state index in [9.17, 15) is 9.90 Å². The minimum Gasteiger partial charge on any atom is -0.469 e. The van der Waals surface area contributed by atoms with Crippen molar-refractivity contribution in [2.45, 2.75) is 57.5 Å². The summed E-state index contributed by atoms with van der Waals surface area (Å²) < 4.78 is 9.90. The summed E-state index contributed by atoms with van der Waals surface area (Å²) in [5.41, 5.74) is 0. The fourth-order valence-electron chi connectivity index (χ4n) is 2.63. The molecule has 0 unspecified atom stereocenters. The summed E-state index contributed by atoms with van der Waals surface area (Å²) >= 11 is 0. The lowest BCUT2D eigenvalue weighted by Gasteiger charge is -2.28. The third-order valence-corrected chi connectivity index (χ3v) is 3.97. The van der Waals surface area contributed by atoms with Gasteiger partial charge in [-0.3, -0.25) is 9.69 Å². The number of β-amino-alcohol motifs (C(OH)–C–C–N with tert-alkyl or cyclic N) is 1. The molecular formula is C16H31NO4. The Labute approximate surface area is 128 Å². The van der Waals surface area contributed by atoms with Gasteiger partial charge in [-0.1, -0.05) is 32.1 Å². The van der Waals surface area contributed by atoms with Crippen molar-refractivity contribution in [1.82, 2.24) is 4.90 Å². The molecule has 21 heavy (non-hydrogen) atoms. The number of esters is 1. The van der Waals surface area contributed by atoms with Gasteiger partial charge in [0.1, 0.15) is 0 Å². The summed E-state index contributed by atoms with van der Waals surface area (Å²) in [6, 6.07) is 0. The number of methoxy groups -OCH3 is 1. The van der Waals surface area contributed by atoms with Crippen molar-refractivity contribution in [2.75, 3.05) is 40.0 Å². The van der Waals surface area contributed by atoms with E-state index in [4.69, 9.17) is 4.74 Å². The van der Waals surface area contributed by atoms with Crippen molar-refractivity contribution >= 4 is 5.97 Å². The third kappa shape index (κ3) is 9.82. The van der Waals surface area contributed by atoms with Gasteiger partial charge in [-0.25, -0.2) is 0 Å². The lowest BCUT2D eigenvalue weighted by molar-refractivity contribution is -0.140. The van der Waals surface area contributed by atoms with E-state index in [0.717, 1.165) is 65.0 Å². The molecule has 1 atom stereocenters. The predicted octanol–water partition coefficient (Wildman–Crippen LogP) is 1.97. The highest BCUT2D eigenvalue weighted by Gasteiger charge is 2.14. The summed E-state index contributed by atoms with van der Waals surface area (Å²) in [6.07, 6.45) is 7.83. The van der Waals surface area contributed by atoms with Crippen molar-refractivity contribution in [1.29, 1.82) is 0 Å². The summed E-state index contributed by atoms with van der Waals surface area (Å²) in [5.74, 6) is -0.110. The summed E-state index contributed by atoms with van der Waals surface area (Å²) in [4.78, 5) is 13.2. The van der Waals surface area contributed by atoms with Gasteiger partial charge in [-0.2, -0.15) is 0 Å². The van der Waals surface area contributed by atoms with Crippen molar-refractivity contribution < 1.29 is 19.4 Å². The molecule has 1 heterocycles. The second-order valence-corrected chi connectivity index (χ2v) is 5.80. The van der Waals surface area contributed by atoms with Crippen LogP contribution >= 0.6 is 0 Å². The highest BCUT2D eigenvalue weighted by Crippen LogP contribution is 2.11. The lowest BCUT2D eigenvalue weighted by atomic mass is 10.1. The Kier molecular flexibility index (Phi) is 10.5. The zero-order valence-corrected chi connectivity index (χ0v) is 13.4. The van der Waals surface area contributed by atoms with Crippen LogP contribution in [-0.2, 0) is 14.3 Å². The van der Waals surface area contributed by atoms with Crippen LogP contribution in [0.15, 0.2) is 0 Å². The van der Waals surface area contributed by atoms with Gasteiger partial charge in [0.25, 0.3) is 0 Å². The monoisotopic (exact) mass is 301 g/mol. The van der Waals surface area contributed by atoms with Crippen LogP contribution in [-0.4, -0.2) is 62.0 Å². The van der Waals surface area contributed by atoms with Crippen molar-refractivity contribution in [3.63, 3.8) is 0 Å². The molecule has 5 heteroatoms. The Morgan fingerprint density at radius 1 is 1.14 bits per heavy atom. The smallest absolute Gasteiger partial charge is 0.305 e. The largest absolute Gasteiger partial charge is 0.469 e. The number of carbonyl (C=O) groups is 1. The first kappa shape index (κ1) is 18.4. The van der Waals surface area contributed by atoms with Crippen molar-refractivity contribution in [2.24, 2.45) is 0 Å². The molecule has 0 bridgehead atoms. The molecule has 1 aliphatic rings. The summed E-state index contributed by atoms with van der Waals surface area (Å²) in [6.45, 7) is 4.24. The molecular weight excluding hydrogens is 270 g/mol. The van der Waals surface area contributed by atoms with Gasteiger partial charge in [0, 0.05) is 26.1 Å². The maximum Gasteiger partial charge on any atom is 0.305 e. The number of nitrogens with zero attached hydrogens (tertiary/aromatic N) is 1. The minimum atomic E-state index is -0.206. The van der Waals surface area contributed by atoms with Crippen LogP contribution in [0.25, 0.3) is 0 Å². The summed E-state index contributed by atoms with van der Waals surface area (Å²) in [7, 11) is 1.44. The number of rotatable bonds is 11. The Morgan fingerprint density at radius 3 is 2.43 bits per heavy atom. The number of aliphatic hydroxyl groups excluding tert-OH is 1. The molecule has 1 rings (SSSR count). The molecule has 0 aliphatic carbocycles. The van der Waals surface area contributed by atoms with Gasteiger partial charge in [-0.05, 0) is 12.8 Å². The van der Waals surface area contributed by atoms with Crippen LogP contribution in [0.5, 0.6) is 0 Å². The molecule has 1 aliphatic heterocycles. The fraction of sp³-hybridized carbons (Fsp3) is 0.938. The molecule has 0 spiro atoms. The molecule has 0 radical (unpaired) electrons. The van der Waals surface area contributed by atoms with E-state index < -0.39 is 0 Å². The van der Waals surface area contributed by atoms with E-state index in [1.165, 1.54) is 20.0 Å². The predicted molar refractivity (Wildman–Crippen MR) is 82.2 cm³/mol. The molecule has 124 valence electrons. The molecule has 0 aromatic rings. The van der Waals surface area contributed by atoms with Gasteiger partial charge in [0.2, 0.25) is 0 Å². The first-order valence-electron chi connectivity index (χ1n) is 8.27. The number of carbonyl (C=O) groups excluding carboxylic acids is 1. The zero-order chi connectivity index (χ0) is 15.3. The third-order valence-electron chi connectivity index (χ3n) is 3.97. The fourth-order valence-corrected chi connectivity index (χ4v) is 2.63. The van der Waals surface area contributed by atoms with Crippen LogP contribution in [0.3, 0.4) is 0 Å². The normalized spacial score (nSPS) is 17.6. The van der Waals surface area contributed by atoms with Gasteiger partial charge >= 0.3 is 5.97 Å². The second-order valence-electron chi connectivity index (χ2n) is 5.80. The molecule has 1 N–H and O–H groups in total. The van der Waals surface area contributed by atoms with E-state index in [2.05, 4.69) is 9.64 Å². The molecule has 5 nitrogen and oxygen atoms in total. The number of ether oxygens (including phenoxy) is 2. The molecule has 1 fully saturated rings. The van der Waals surface area contributed by atoms with Crippen LogP contribution in [0, 0.1) is 0 Å². The summed E-state index contributed by atoms with van der Waals surface area (Å²) in [5, 5.41) is 10.00. The van der Waals surface area contributed by atoms with E-state index >= 15 is 0 Å². The Hall–Kier alpha value is -0.650. The van der Waals surface area contributed by atoms with Crippen LogP contribution in [0.2, 0.25) is 0 Å². The van der Waals surface area contributed by atoms with Crippen LogP contribution < -0.4 is 0 Å². The number of hydrogen-bond donors (Lipinski definition) is 1. The van der Waals surface area contributed by atoms with Gasteiger partial charge in [0.15, 0.2) is 0 Å². The Bertz CT molecular complexity index is 267. The molecule has 0 saturated carbocycles. The molecule has 0 amide bonds. The Morgan fingerprint density at radius 2 is 1.76 bits per heavy atom. The van der Waals surface area contributed by atoms with Crippen molar-refractivity contribution in [3.8, 4) is 0 Å². The first-order chi connectivity index (χ1) is 10.2. The highest BCUT2D eigenvalue weighted by atomic mass is 16.5. The molecule has 0 aromatic heterocycles. The lowest BCUT2D eigenvalue weighted by Crippen LogP contribution is -2.40. The van der Waals surface area contributed by atoms with E-state index in [0.29, 0.717) is 6.42 Å². The van der Waals surface area contributed by atoms with Crippen LogP contribution in [0.4, 0.5) is 0 Å². The Balaban J connectivity index is 1.85. The molecule has 1 saturated heterocycles. The maximum atomic E-state index is 10.9. The van der Waals surface area contributed by atoms with E-state index in [-0.39, 0.29) is 12.1 Å². The maximum absolute atomic E-state index is 10.9. The average Bonchev–Trinajstić information content (AvgIpc) is 2.50. The first-order valence-corrected chi connectivity index (χ1v) is 8.27. The van der Waals surface area contributed by atoms with Crippen LogP contribution in [0.1, 0.15) is 51.4 Å². The van der Waals surface area contributed by atoms with Gasteiger partial charge < -0.3 is 14.6 Å². The number of hydrogen-bond acceptors (Lipinski definition) is 5. The standard InChI is InChI=1S/C16H31NO4/c1-20-16(19)9-7-5-3-2-4-6-8-15(18)14-17-10-12-21-13-11-17/h15,18H,2-14H2,1H3/t15-/m0/s1. The quantitative estimate of drug-likeness (QED) is 0.467. The SMILES string of the molecule is COC(=O)CCCCCCCC[C@H](O)CN1CCOCC1. The van der Waals surface area contributed by atoms with Crippen molar-refractivity contribution in [3.05, 3.63) is 0 Å². The van der Waals surface area contributed by atoms with Gasteiger partial charge in [0.05, 0.1) is 26.4 Å². The average molecular weight is 301 g/mol. The van der Waals surface area contributed by atoms with E-state index in [1.54, 1.807) is 0 Å². The minimum absolute atomic E-state index is 0.110. The number of aliphatic hydroxyl groups is 1. The van der Waals surface area contributed by atoms with Gasteiger partial charge in [-0.15, -0.1) is 0 Å². The topological polar surface area (TPSA) is 59.0 Å². The molecule has 0 aromatic carbocycles. The number of unbranched alkanes of at least 4 members (excludes halogenated alkanes) is 5.